The summed E-state index contributed by atoms with van der Waals surface area (Å²) in [7, 11) is 0. The van der Waals surface area contributed by atoms with E-state index in [1.165, 1.54) is 23.9 Å². The molecule has 0 spiro atoms. The first kappa shape index (κ1) is 23.4. The van der Waals surface area contributed by atoms with Crippen LogP contribution in [0.4, 0.5) is 18.9 Å². The van der Waals surface area contributed by atoms with Crippen molar-refractivity contribution in [1.29, 1.82) is 0 Å². The molecular formula is C23H20F3N3O2S2. The number of carbonyl (C=O) groups is 1. The van der Waals surface area contributed by atoms with Gasteiger partial charge in [0.2, 0.25) is 5.91 Å². The highest BCUT2D eigenvalue weighted by Gasteiger charge is 2.30. The number of amides is 1. The first-order valence-corrected chi connectivity index (χ1v) is 12.0. The van der Waals surface area contributed by atoms with Gasteiger partial charge in [-0.3, -0.25) is 14.2 Å². The second kappa shape index (κ2) is 9.64. The highest BCUT2D eigenvalue weighted by Crippen LogP contribution is 2.34. The predicted molar refractivity (Wildman–Crippen MR) is 124 cm³/mol. The second-order valence-electron chi connectivity index (χ2n) is 7.59. The average molecular weight is 492 g/mol. The Kier molecular flexibility index (Phi) is 6.85. The molecule has 1 aromatic heterocycles. The van der Waals surface area contributed by atoms with E-state index in [1.807, 2.05) is 37.3 Å². The lowest BCUT2D eigenvalue weighted by atomic mass is 10.2. The molecule has 0 radical (unpaired) electrons. The van der Waals surface area contributed by atoms with E-state index in [2.05, 4.69) is 10.3 Å². The number of thioether (sulfide) groups is 2. The van der Waals surface area contributed by atoms with E-state index in [9.17, 15) is 22.8 Å². The Morgan fingerprint density at radius 3 is 2.55 bits per heavy atom. The number of hydrogen-bond donors (Lipinski definition) is 1. The zero-order chi connectivity index (χ0) is 23.6. The lowest BCUT2D eigenvalue weighted by Gasteiger charge is -2.14. The van der Waals surface area contributed by atoms with E-state index in [-0.39, 0.29) is 22.2 Å². The van der Waals surface area contributed by atoms with Crippen LogP contribution < -0.4 is 10.9 Å². The van der Waals surface area contributed by atoms with Crippen molar-refractivity contribution in [2.24, 2.45) is 0 Å². The van der Waals surface area contributed by atoms with Crippen molar-refractivity contribution in [3.05, 3.63) is 81.8 Å². The van der Waals surface area contributed by atoms with Gasteiger partial charge >= 0.3 is 6.18 Å². The molecule has 10 heteroatoms. The first-order chi connectivity index (χ1) is 15.7. The molecule has 2 aromatic carbocycles. The van der Waals surface area contributed by atoms with Gasteiger partial charge in [-0.1, -0.05) is 49.0 Å². The summed E-state index contributed by atoms with van der Waals surface area (Å²) in [6.07, 6.45) is -3.75. The molecule has 172 valence electrons. The summed E-state index contributed by atoms with van der Waals surface area (Å²) in [5.74, 6) is -0.437. The number of nitrogens with zero attached hydrogens (tertiary/aromatic N) is 2. The molecule has 2 heterocycles. The molecule has 1 unspecified atom stereocenters. The minimum absolute atomic E-state index is 0.0380. The highest BCUT2D eigenvalue weighted by molar-refractivity contribution is 8.00. The Morgan fingerprint density at radius 2 is 1.88 bits per heavy atom. The second-order valence-corrected chi connectivity index (χ2v) is 9.98. The molecule has 5 nitrogen and oxygen atoms in total. The smallest absolute Gasteiger partial charge is 0.325 e. The number of alkyl halides is 3. The Hall–Kier alpha value is -2.72. The Morgan fingerprint density at radius 1 is 1.18 bits per heavy atom. The largest absolute Gasteiger partial charge is 0.416 e. The van der Waals surface area contributed by atoms with Crippen LogP contribution in [0.25, 0.3) is 0 Å². The summed E-state index contributed by atoms with van der Waals surface area (Å²) < 4.78 is 39.7. The summed E-state index contributed by atoms with van der Waals surface area (Å²) in [5, 5.41) is 3.29. The molecule has 33 heavy (non-hydrogen) atoms. The Bertz CT molecular complexity index is 1210. The molecule has 1 amide bonds. The fraction of sp³-hybridized carbons (Fsp3) is 0.261. The number of benzene rings is 2. The topological polar surface area (TPSA) is 64.0 Å². The number of hydrogen-bond acceptors (Lipinski definition) is 5. The summed E-state index contributed by atoms with van der Waals surface area (Å²) in [5.41, 5.74) is 1.04. The van der Waals surface area contributed by atoms with Gasteiger partial charge in [0.25, 0.3) is 5.56 Å². The van der Waals surface area contributed by atoms with Crippen LogP contribution in [0.1, 0.15) is 23.7 Å². The minimum Gasteiger partial charge on any atom is -0.325 e. The predicted octanol–water partition coefficient (Wildman–Crippen LogP) is 5.08. The third-order valence-electron chi connectivity index (χ3n) is 4.97. The Balaban J connectivity index is 1.51. The molecule has 0 bridgehead atoms. The Labute approximate surface area is 196 Å². The fourth-order valence-electron chi connectivity index (χ4n) is 3.42. The maximum atomic E-state index is 13.2. The van der Waals surface area contributed by atoms with Gasteiger partial charge in [-0.2, -0.15) is 13.2 Å². The van der Waals surface area contributed by atoms with E-state index in [0.29, 0.717) is 23.0 Å². The van der Waals surface area contributed by atoms with E-state index in [4.69, 9.17) is 0 Å². The lowest BCUT2D eigenvalue weighted by Crippen LogP contribution is -2.26. The molecule has 3 aromatic rings. The fourth-order valence-corrected chi connectivity index (χ4v) is 5.35. The minimum atomic E-state index is -4.43. The molecule has 0 fully saturated rings. The van der Waals surface area contributed by atoms with Crippen LogP contribution in [0, 0.1) is 0 Å². The van der Waals surface area contributed by atoms with Crippen LogP contribution in [0.5, 0.6) is 0 Å². The van der Waals surface area contributed by atoms with Crippen LogP contribution >= 0.6 is 23.5 Å². The van der Waals surface area contributed by atoms with Crippen molar-refractivity contribution in [2.75, 3.05) is 11.1 Å². The molecule has 0 saturated carbocycles. The third-order valence-corrected chi connectivity index (χ3v) is 7.17. The first-order valence-electron chi connectivity index (χ1n) is 10.1. The van der Waals surface area contributed by atoms with E-state index >= 15 is 0 Å². The molecular weight excluding hydrogens is 471 g/mol. The van der Waals surface area contributed by atoms with Gasteiger partial charge in [0.05, 0.1) is 28.5 Å². The molecule has 1 aliphatic rings. The number of aromatic nitrogens is 2. The maximum absolute atomic E-state index is 13.2. The maximum Gasteiger partial charge on any atom is 0.416 e. The monoisotopic (exact) mass is 491 g/mol. The summed E-state index contributed by atoms with van der Waals surface area (Å²) in [4.78, 5) is 30.9. The van der Waals surface area contributed by atoms with Gasteiger partial charge in [0.1, 0.15) is 0 Å². The van der Waals surface area contributed by atoms with Crippen molar-refractivity contribution in [1.82, 2.24) is 9.55 Å². The van der Waals surface area contributed by atoms with Crippen LogP contribution in [0.3, 0.4) is 0 Å². The van der Waals surface area contributed by atoms with Gasteiger partial charge in [0, 0.05) is 17.4 Å². The van der Waals surface area contributed by atoms with Gasteiger partial charge in [0.15, 0.2) is 5.16 Å². The standard InChI is InChI=1S/C23H20F3N3O2S2/c1-14-11-18-20(33-14)21(31)29(12-15-5-3-2-4-6-15)22(28-18)32-13-19(30)27-17-9-7-16(8-10-17)23(24,25)26/h2-10,14H,11-13H2,1H3,(H,27,30). The molecule has 4 rings (SSSR count). The number of anilines is 1. The van der Waals surface area contributed by atoms with Crippen molar-refractivity contribution < 1.29 is 18.0 Å². The molecule has 1 atom stereocenters. The number of carbonyl (C=O) groups excluding carboxylic acids is 1. The number of halogens is 3. The average Bonchev–Trinajstić information content (AvgIpc) is 3.15. The van der Waals surface area contributed by atoms with E-state index < -0.39 is 17.6 Å². The molecule has 1 aliphatic heterocycles. The molecule has 0 aliphatic carbocycles. The SMILES string of the molecule is CC1Cc2nc(SCC(=O)Nc3ccc(C(F)(F)F)cc3)n(Cc3ccccc3)c(=O)c2S1. The normalized spacial score (nSPS) is 15.3. The van der Waals surface area contributed by atoms with Crippen molar-refractivity contribution in [2.45, 2.75) is 41.4 Å². The van der Waals surface area contributed by atoms with Crippen LogP contribution in [-0.2, 0) is 23.9 Å². The van der Waals surface area contributed by atoms with E-state index in [0.717, 1.165) is 35.2 Å². The number of fused-ring (bicyclic) bond motifs is 1. The molecule has 1 N–H and O–H groups in total. The zero-order valence-corrected chi connectivity index (χ0v) is 19.2. The van der Waals surface area contributed by atoms with Gasteiger partial charge in [-0.15, -0.1) is 11.8 Å². The van der Waals surface area contributed by atoms with Crippen LogP contribution in [0.2, 0.25) is 0 Å². The van der Waals surface area contributed by atoms with E-state index in [1.54, 1.807) is 4.57 Å². The zero-order valence-electron chi connectivity index (χ0n) is 17.6. The van der Waals surface area contributed by atoms with Gasteiger partial charge in [-0.25, -0.2) is 4.98 Å². The van der Waals surface area contributed by atoms with Crippen molar-refractivity contribution in [3.8, 4) is 0 Å². The summed E-state index contributed by atoms with van der Waals surface area (Å²) in [6, 6.07) is 13.8. The summed E-state index contributed by atoms with van der Waals surface area (Å²) in [6.45, 7) is 2.37. The number of rotatable bonds is 6. The quantitative estimate of drug-likeness (QED) is 0.385. The number of nitrogens with one attached hydrogen (secondary N) is 1. The summed E-state index contributed by atoms with van der Waals surface area (Å²) >= 11 is 2.65. The lowest BCUT2D eigenvalue weighted by molar-refractivity contribution is -0.137. The van der Waals surface area contributed by atoms with Gasteiger partial charge in [-0.05, 0) is 29.8 Å². The van der Waals surface area contributed by atoms with Crippen LogP contribution in [-0.4, -0.2) is 26.5 Å². The molecule has 0 saturated heterocycles. The van der Waals surface area contributed by atoms with Gasteiger partial charge < -0.3 is 5.32 Å². The third kappa shape index (κ3) is 5.62. The van der Waals surface area contributed by atoms with Crippen molar-refractivity contribution in [3.63, 3.8) is 0 Å². The van der Waals surface area contributed by atoms with Crippen molar-refractivity contribution >= 4 is 35.1 Å². The van der Waals surface area contributed by atoms with Crippen LogP contribution in [0.15, 0.2) is 69.4 Å². The highest BCUT2D eigenvalue weighted by atomic mass is 32.2.